The van der Waals surface area contributed by atoms with Gasteiger partial charge in [0.15, 0.2) is 0 Å². The summed E-state index contributed by atoms with van der Waals surface area (Å²) in [5.41, 5.74) is 5.56. The van der Waals surface area contributed by atoms with Crippen LogP contribution in [0.25, 0.3) is 0 Å². The zero-order valence-electron chi connectivity index (χ0n) is 8.56. The van der Waals surface area contributed by atoms with E-state index in [2.05, 4.69) is 0 Å². The molecule has 1 saturated carbocycles. The second-order valence-corrected chi connectivity index (χ2v) is 4.53. The summed E-state index contributed by atoms with van der Waals surface area (Å²) >= 11 is 0. The Morgan fingerprint density at radius 2 is 2.20 bits per heavy atom. The molecule has 3 N–H and O–H groups in total. The first-order valence-corrected chi connectivity index (χ1v) is 5.35. The molecule has 2 aliphatic rings. The van der Waals surface area contributed by atoms with Gasteiger partial charge in [0.1, 0.15) is 0 Å². The van der Waals surface area contributed by atoms with Gasteiger partial charge in [-0.15, -0.1) is 0 Å². The highest BCUT2D eigenvalue weighted by atomic mass is 16.4. The zero-order chi connectivity index (χ0) is 11.0. The Morgan fingerprint density at radius 1 is 1.47 bits per heavy atom. The second kappa shape index (κ2) is 3.81. The van der Waals surface area contributed by atoms with Crippen molar-refractivity contribution in [1.29, 1.82) is 0 Å². The lowest BCUT2D eigenvalue weighted by molar-refractivity contribution is -0.142. The van der Waals surface area contributed by atoms with Crippen LogP contribution >= 0.6 is 0 Å². The number of carbonyl (C=O) groups excluding carboxylic acids is 1. The fraction of sp³-hybridized carbons (Fsp3) is 0.800. The molecule has 0 aromatic carbocycles. The van der Waals surface area contributed by atoms with Crippen molar-refractivity contribution in [3.05, 3.63) is 0 Å². The molecule has 0 aromatic heterocycles. The highest BCUT2D eigenvalue weighted by Gasteiger charge is 2.41. The van der Waals surface area contributed by atoms with Gasteiger partial charge >= 0.3 is 5.97 Å². The van der Waals surface area contributed by atoms with Crippen LogP contribution in [0.15, 0.2) is 0 Å². The van der Waals surface area contributed by atoms with Gasteiger partial charge in [-0.25, -0.2) is 0 Å². The third-order valence-corrected chi connectivity index (χ3v) is 3.40. The molecule has 3 atom stereocenters. The normalized spacial score (nSPS) is 30.6. The van der Waals surface area contributed by atoms with Crippen molar-refractivity contribution < 1.29 is 14.7 Å². The quantitative estimate of drug-likeness (QED) is 0.678. The van der Waals surface area contributed by atoms with Crippen molar-refractivity contribution in [2.75, 3.05) is 6.54 Å². The molecule has 1 amide bonds. The molecule has 0 radical (unpaired) electrons. The molecule has 5 heteroatoms. The molecule has 3 unspecified atom stereocenters. The van der Waals surface area contributed by atoms with E-state index >= 15 is 0 Å². The van der Waals surface area contributed by atoms with Crippen molar-refractivity contribution in [3.63, 3.8) is 0 Å². The number of likely N-dealkylation sites (tertiary alicyclic amines) is 1. The van der Waals surface area contributed by atoms with Crippen LogP contribution in [-0.4, -0.2) is 40.5 Å². The summed E-state index contributed by atoms with van der Waals surface area (Å²) in [7, 11) is 0. The molecule has 2 rings (SSSR count). The summed E-state index contributed by atoms with van der Waals surface area (Å²) in [5, 5.41) is 8.56. The smallest absolute Gasteiger partial charge is 0.305 e. The number of aliphatic carboxylic acids is 1. The molecule has 0 spiro atoms. The van der Waals surface area contributed by atoms with Crippen LogP contribution in [-0.2, 0) is 9.59 Å². The molecule has 84 valence electrons. The highest BCUT2D eigenvalue weighted by Crippen LogP contribution is 2.37. The van der Waals surface area contributed by atoms with Crippen LogP contribution < -0.4 is 5.73 Å². The van der Waals surface area contributed by atoms with Crippen molar-refractivity contribution in [2.45, 2.75) is 37.8 Å². The maximum absolute atomic E-state index is 11.8. The van der Waals surface area contributed by atoms with Crippen LogP contribution in [0.5, 0.6) is 0 Å². The summed E-state index contributed by atoms with van der Waals surface area (Å²) in [4.78, 5) is 24.0. The molecule has 1 saturated heterocycles. The zero-order valence-corrected chi connectivity index (χ0v) is 8.56. The minimum atomic E-state index is -1.01. The highest BCUT2D eigenvalue weighted by molar-refractivity contribution is 5.86. The van der Waals surface area contributed by atoms with Gasteiger partial charge in [-0.05, 0) is 25.2 Å². The van der Waals surface area contributed by atoms with Gasteiger partial charge in [-0.3, -0.25) is 9.59 Å². The van der Waals surface area contributed by atoms with E-state index in [4.69, 9.17) is 10.8 Å². The van der Waals surface area contributed by atoms with Crippen molar-refractivity contribution in [3.8, 4) is 0 Å². The number of carboxylic acid groups (broad SMARTS) is 1. The lowest BCUT2D eigenvalue weighted by Gasteiger charge is -2.29. The first kappa shape index (κ1) is 10.4. The van der Waals surface area contributed by atoms with Crippen molar-refractivity contribution in [2.24, 2.45) is 11.7 Å². The van der Waals surface area contributed by atoms with Gasteiger partial charge < -0.3 is 15.7 Å². The molecular weight excluding hydrogens is 196 g/mol. The maximum atomic E-state index is 11.8. The Balaban J connectivity index is 1.93. The van der Waals surface area contributed by atoms with Crippen molar-refractivity contribution >= 4 is 11.9 Å². The number of fused-ring (bicyclic) bond motifs is 2. The first-order chi connectivity index (χ1) is 7.08. The number of rotatable bonds is 3. The fourth-order valence-corrected chi connectivity index (χ4v) is 2.68. The van der Waals surface area contributed by atoms with E-state index in [9.17, 15) is 9.59 Å². The van der Waals surface area contributed by atoms with Crippen LogP contribution in [0.3, 0.4) is 0 Å². The molecule has 2 bridgehead atoms. The summed E-state index contributed by atoms with van der Waals surface area (Å²) in [6, 6.07) is -0.552. The summed E-state index contributed by atoms with van der Waals surface area (Å²) in [6.45, 7) is 0.775. The Hall–Kier alpha value is -1.10. The third kappa shape index (κ3) is 1.97. The number of carbonyl (C=O) groups is 2. The summed E-state index contributed by atoms with van der Waals surface area (Å²) in [6.07, 6.45) is 3.05. The summed E-state index contributed by atoms with van der Waals surface area (Å²) in [5.74, 6) is -0.583. The fourth-order valence-electron chi connectivity index (χ4n) is 2.68. The molecule has 1 aliphatic heterocycles. The topological polar surface area (TPSA) is 83.6 Å². The predicted molar refractivity (Wildman–Crippen MR) is 53.1 cm³/mol. The Morgan fingerprint density at radius 3 is 2.67 bits per heavy atom. The van der Waals surface area contributed by atoms with E-state index in [1.807, 2.05) is 0 Å². The number of piperidine rings is 1. The van der Waals surface area contributed by atoms with Crippen LogP contribution in [0.4, 0.5) is 0 Å². The van der Waals surface area contributed by atoms with Gasteiger partial charge in [0.25, 0.3) is 0 Å². The molecule has 15 heavy (non-hydrogen) atoms. The molecule has 0 aromatic rings. The van der Waals surface area contributed by atoms with E-state index in [1.54, 1.807) is 4.90 Å². The lowest BCUT2D eigenvalue weighted by Crippen LogP contribution is -2.47. The van der Waals surface area contributed by atoms with Crippen molar-refractivity contribution in [1.82, 2.24) is 4.90 Å². The molecular formula is C10H16N2O3. The largest absolute Gasteiger partial charge is 0.481 e. The van der Waals surface area contributed by atoms with E-state index in [1.165, 1.54) is 6.42 Å². The number of carboxylic acids is 1. The Labute approximate surface area is 88.2 Å². The number of hydrogen-bond acceptors (Lipinski definition) is 3. The molecule has 5 nitrogen and oxygen atoms in total. The monoisotopic (exact) mass is 212 g/mol. The van der Waals surface area contributed by atoms with Crippen LogP contribution in [0, 0.1) is 5.92 Å². The van der Waals surface area contributed by atoms with Crippen LogP contribution in [0.2, 0.25) is 0 Å². The van der Waals surface area contributed by atoms with Gasteiger partial charge in [0, 0.05) is 12.6 Å². The minimum Gasteiger partial charge on any atom is -0.481 e. The average molecular weight is 212 g/mol. The maximum Gasteiger partial charge on any atom is 0.305 e. The standard InChI is InChI=1S/C10H16N2O3/c11-8(4-9(13)14)10(15)12-5-6-1-2-7(12)3-6/h6-8H,1-5,11H2,(H,13,14). The van der Waals surface area contributed by atoms with Crippen LogP contribution in [0.1, 0.15) is 25.7 Å². The van der Waals surface area contributed by atoms with Gasteiger partial charge in [0.2, 0.25) is 5.91 Å². The van der Waals surface area contributed by atoms with E-state index in [-0.39, 0.29) is 12.3 Å². The van der Waals surface area contributed by atoms with E-state index in [0.717, 1.165) is 19.4 Å². The SMILES string of the molecule is NC(CC(=O)O)C(=O)N1CC2CCC1C2. The number of nitrogens with zero attached hydrogens (tertiary/aromatic N) is 1. The van der Waals surface area contributed by atoms with E-state index < -0.39 is 12.0 Å². The van der Waals surface area contributed by atoms with Gasteiger partial charge in [-0.1, -0.05) is 0 Å². The molecule has 1 aliphatic carbocycles. The number of amides is 1. The molecule has 2 fully saturated rings. The van der Waals surface area contributed by atoms with E-state index in [0.29, 0.717) is 12.0 Å². The lowest BCUT2D eigenvalue weighted by atomic mass is 10.1. The summed E-state index contributed by atoms with van der Waals surface area (Å²) < 4.78 is 0. The average Bonchev–Trinajstić information content (AvgIpc) is 2.76. The first-order valence-electron chi connectivity index (χ1n) is 5.35. The minimum absolute atomic E-state index is 0.190. The third-order valence-electron chi connectivity index (χ3n) is 3.40. The Bertz CT molecular complexity index is 292. The van der Waals surface area contributed by atoms with Gasteiger partial charge in [-0.2, -0.15) is 0 Å². The predicted octanol–water partition coefficient (Wildman–Crippen LogP) is -0.201. The number of nitrogens with two attached hydrogens (primary N) is 1. The Kier molecular flexibility index (Phi) is 2.65. The van der Waals surface area contributed by atoms with Gasteiger partial charge in [0.05, 0.1) is 12.5 Å². The molecule has 1 heterocycles. The number of hydrogen-bond donors (Lipinski definition) is 2. The second-order valence-electron chi connectivity index (χ2n) is 4.53.